The van der Waals surface area contributed by atoms with Gasteiger partial charge in [-0.3, -0.25) is 4.79 Å². The molecule has 2 N–H and O–H groups in total. The quantitative estimate of drug-likeness (QED) is 0.603. The number of aliphatic hydroxyl groups excluding tert-OH is 1. The normalized spacial score (nSPS) is 10.4. The van der Waals surface area contributed by atoms with Gasteiger partial charge < -0.3 is 15.3 Å². The van der Waals surface area contributed by atoms with Gasteiger partial charge in [-0.15, -0.1) is 0 Å². The van der Waals surface area contributed by atoms with Gasteiger partial charge in [0, 0.05) is 18.8 Å². The van der Waals surface area contributed by atoms with Crippen LogP contribution < -0.4 is 5.32 Å². The van der Waals surface area contributed by atoms with Gasteiger partial charge in [-0.2, -0.15) is 0 Å². The third-order valence-corrected chi connectivity index (χ3v) is 3.18. The monoisotopic (exact) mass is 289 g/mol. The number of carbonyl (C=O) groups is 1. The lowest BCUT2D eigenvalue weighted by atomic mass is 10.2. The van der Waals surface area contributed by atoms with Crippen molar-refractivity contribution in [3.8, 4) is 11.8 Å². The van der Waals surface area contributed by atoms with E-state index in [4.69, 9.17) is 5.11 Å². The first-order valence-corrected chi connectivity index (χ1v) is 7.09. The molecule has 0 aliphatic carbocycles. The summed E-state index contributed by atoms with van der Waals surface area (Å²) in [5, 5.41) is 11.6. The Bertz CT molecular complexity index is 518. The molecule has 0 bridgehead atoms. The Balaban J connectivity index is 2.53. The maximum atomic E-state index is 12.1. The van der Waals surface area contributed by atoms with E-state index in [-0.39, 0.29) is 12.5 Å². The number of nitrogens with zero attached hydrogens (tertiary/aromatic N) is 2. The van der Waals surface area contributed by atoms with Gasteiger partial charge in [-0.1, -0.05) is 11.8 Å². The van der Waals surface area contributed by atoms with Gasteiger partial charge in [0.2, 0.25) is 0 Å². The highest BCUT2D eigenvalue weighted by atomic mass is 16.2. The molecule has 0 aliphatic heterocycles. The van der Waals surface area contributed by atoms with E-state index in [0.717, 1.165) is 13.0 Å². The first-order chi connectivity index (χ1) is 10.1. The molecule has 5 heteroatoms. The summed E-state index contributed by atoms with van der Waals surface area (Å²) in [4.78, 5) is 18.4. The maximum absolute atomic E-state index is 12.1. The van der Waals surface area contributed by atoms with Gasteiger partial charge in [0.25, 0.3) is 5.91 Å². The standard InChI is InChI=1S/C16H23N3O2/c1-13(2)19(3)11-6-10-18-16(21)15-14(8-5-12-20)7-4-9-17-15/h4,7,9,13,20H,6,10-12H2,1-3H3,(H,18,21). The van der Waals surface area contributed by atoms with Crippen molar-refractivity contribution in [1.29, 1.82) is 0 Å². The molecular formula is C16H23N3O2. The fraction of sp³-hybridized carbons (Fsp3) is 0.500. The highest BCUT2D eigenvalue weighted by Gasteiger charge is 2.11. The number of carbonyl (C=O) groups excluding carboxylic acids is 1. The van der Waals surface area contributed by atoms with E-state index in [2.05, 4.69) is 47.9 Å². The van der Waals surface area contributed by atoms with Crippen molar-refractivity contribution in [3.05, 3.63) is 29.6 Å². The van der Waals surface area contributed by atoms with Crippen molar-refractivity contribution in [3.63, 3.8) is 0 Å². The summed E-state index contributed by atoms with van der Waals surface area (Å²) in [5.41, 5.74) is 0.832. The summed E-state index contributed by atoms with van der Waals surface area (Å²) in [6.45, 7) is 5.56. The second-order valence-corrected chi connectivity index (χ2v) is 5.04. The van der Waals surface area contributed by atoms with E-state index in [9.17, 15) is 4.79 Å². The average molecular weight is 289 g/mol. The summed E-state index contributed by atoms with van der Waals surface area (Å²) < 4.78 is 0. The SMILES string of the molecule is CC(C)N(C)CCCNC(=O)c1ncccc1C#CCO. The van der Waals surface area contributed by atoms with Crippen LogP contribution in [0.2, 0.25) is 0 Å². The van der Waals surface area contributed by atoms with Gasteiger partial charge >= 0.3 is 0 Å². The predicted molar refractivity (Wildman–Crippen MR) is 82.9 cm³/mol. The number of rotatable bonds is 6. The number of hydrogen-bond donors (Lipinski definition) is 2. The lowest BCUT2D eigenvalue weighted by Gasteiger charge is -2.20. The van der Waals surface area contributed by atoms with Crippen molar-refractivity contribution < 1.29 is 9.90 Å². The summed E-state index contributed by atoms with van der Waals surface area (Å²) in [7, 11) is 2.06. The van der Waals surface area contributed by atoms with Crippen molar-refractivity contribution in [2.24, 2.45) is 0 Å². The third kappa shape index (κ3) is 5.94. The molecule has 0 aliphatic rings. The molecule has 0 spiro atoms. The fourth-order valence-corrected chi connectivity index (χ4v) is 1.69. The zero-order valence-electron chi connectivity index (χ0n) is 12.9. The Hall–Kier alpha value is -1.90. The highest BCUT2D eigenvalue weighted by Crippen LogP contribution is 2.03. The number of pyridine rings is 1. The molecule has 0 saturated carbocycles. The zero-order valence-corrected chi connectivity index (χ0v) is 12.9. The van der Waals surface area contributed by atoms with Crippen molar-refractivity contribution in [1.82, 2.24) is 15.2 Å². The number of amides is 1. The van der Waals surface area contributed by atoms with Gasteiger partial charge in [-0.05, 0) is 46.0 Å². The number of aromatic nitrogens is 1. The minimum atomic E-state index is -0.239. The van der Waals surface area contributed by atoms with Gasteiger partial charge in [0.15, 0.2) is 0 Å². The third-order valence-electron chi connectivity index (χ3n) is 3.18. The largest absolute Gasteiger partial charge is 0.384 e. The molecule has 1 amide bonds. The van der Waals surface area contributed by atoms with Crippen molar-refractivity contribution in [2.45, 2.75) is 26.3 Å². The Kier molecular flexibility index (Phi) is 7.44. The lowest BCUT2D eigenvalue weighted by molar-refractivity contribution is 0.0946. The molecule has 0 fully saturated rings. The molecule has 1 heterocycles. The van der Waals surface area contributed by atoms with Crippen LogP contribution in [-0.2, 0) is 0 Å². The molecule has 0 atom stereocenters. The van der Waals surface area contributed by atoms with Crippen LogP contribution in [0.3, 0.4) is 0 Å². The first-order valence-electron chi connectivity index (χ1n) is 7.09. The maximum Gasteiger partial charge on any atom is 0.271 e. The number of aliphatic hydroxyl groups is 1. The molecular weight excluding hydrogens is 266 g/mol. The van der Waals surface area contributed by atoms with E-state index < -0.39 is 0 Å². The minimum absolute atomic E-state index is 0.231. The van der Waals surface area contributed by atoms with Crippen LogP contribution in [0.5, 0.6) is 0 Å². The van der Waals surface area contributed by atoms with E-state index in [1.165, 1.54) is 0 Å². The lowest BCUT2D eigenvalue weighted by Crippen LogP contribution is -2.31. The van der Waals surface area contributed by atoms with Gasteiger partial charge in [-0.25, -0.2) is 4.98 Å². The van der Waals surface area contributed by atoms with E-state index in [1.807, 2.05) is 0 Å². The molecule has 0 aromatic carbocycles. The predicted octanol–water partition coefficient (Wildman–Crippen LogP) is 0.885. The topological polar surface area (TPSA) is 65.5 Å². The van der Waals surface area contributed by atoms with Crippen molar-refractivity contribution >= 4 is 5.91 Å². The van der Waals surface area contributed by atoms with E-state index in [1.54, 1.807) is 18.3 Å². The minimum Gasteiger partial charge on any atom is -0.384 e. The Morgan fingerprint density at radius 2 is 2.29 bits per heavy atom. The van der Waals surface area contributed by atoms with Crippen LogP contribution in [0.25, 0.3) is 0 Å². The molecule has 1 aromatic rings. The molecule has 1 rings (SSSR count). The highest BCUT2D eigenvalue weighted by molar-refractivity contribution is 5.94. The van der Waals surface area contributed by atoms with Crippen LogP contribution in [0, 0.1) is 11.8 Å². The van der Waals surface area contributed by atoms with Gasteiger partial charge in [0.1, 0.15) is 12.3 Å². The summed E-state index contributed by atoms with van der Waals surface area (Å²) in [6.07, 6.45) is 2.44. The van der Waals surface area contributed by atoms with Crippen LogP contribution in [0.15, 0.2) is 18.3 Å². The van der Waals surface area contributed by atoms with Crippen LogP contribution in [0.1, 0.15) is 36.3 Å². The van der Waals surface area contributed by atoms with E-state index >= 15 is 0 Å². The Labute approximate surface area is 126 Å². The molecule has 1 aromatic heterocycles. The second kappa shape index (κ2) is 9.11. The smallest absolute Gasteiger partial charge is 0.271 e. The fourth-order valence-electron chi connectivity index (χ4n) is 1.69. The molecule has 5 nitrogen and oxygen atoms in total. The molecule has 0 unspecified atom stereocenters. The summed E-state index contributed by atoms with van der Waals surface area (Å²) in [6, 6.07) is 3.93. The van der Waals surface area contributed by atoms with Crippen molar-refractivity contribution in [2.75, 3.05) is 26.7 Å². The molecule has 21 heavy (non-hydrogen) atoms. The summed E-state index contributed by atoms with van der Waals surface area (Å²) in [5.74, 6) is 5.04. The molecule has 0 saturated heterocycles. The first kappa shape index (κ1) is 17.2. The molecule has 114 valence electrons. The zero-order chi connectivity index (χ0) is 15.7. The molecule has 0 radical (unpaired) electrons. The average Bonchev–Trinajstić information content (AvgIpc) is 2.49. The van der Waals surface area contributed by atoms with Crippen LogP contribution >= 0.6 is 0 Å². The van der Waals surface area contributed by atoms with E-state index in [0.29, 0.717) is 23.8 Å². The Morgan fingerprint density at radius 1 is 1.52 bits per heavy atom. The Morgan fingerprint density at radius 3 is 2.95 bits per heavy atom. The number of hydrogen-bond acceptors (Lipinski definition) is 4. The van der Waals surface area contributed by atoms with Gasteiger partial charge in [0.05, 0.1) is 5.56 Å². The summed E-state index contributed by atoms with van der Waals surface area (Å²) >= 11 is 0. The van der Waals surface area contributed by atoms with Crippen LogP contribution in [-0.4, -0.2) is 53.7 Å². The number of nitrogens with one attached hydrogen (secondary N) is 1. The van der Waals surface area contributed by atoms with Crippen LogP contribution in [0.4, 0.5) is 0 Å². The second-order valence-electron chi connectivity index (χ2n) is 5.04.